The summed E-state index contributed by atoms with van der Waals surface area (Å²) >= 11 is 5.19. The van der Waals surface area contributed by atoms with E-state index < -0.39 is 5.92 Å². The summed E-state index contributed by atoms with van der Waals surface area (Å²) in [7, 11) is 1.55. The largest absolute Gasteiger partial charge is 0.494 e. The Kier molecular flexibility index (Phi) is 6.57. The Bertz CT molecular complexity index is 603. The van der Waals surface area contributed by atoms with Gasteiger partial charge in [-0.15, -0.1) is 0 Å². The number of carbonyl (C=O) groups is 1. The van der Waals surface area contributed by atoms with E-state index in [2.05, 4.69) is 17.2 Å². The lowest BCUT2D eigenvalue weighted by Crippen LogP contribution is -2.51. The predicted octanol–water partition coefficient (Wildman–Crippen LogP) is 1.92. The molecule has 0 amide bonds. The zero-order chi connectivity index (χ0) is 17.5. The highest BCUT2D eigenvalue weighted by Crippen LogP contribution is 2.31. The molecule has 1 saturated heterocycles. The van der Waals surface area contributed by atoms with Crippen LogP contribution in [-0.4, -0.2) is 38.0 Å². The summed E-state index contributed by atoms with van der Waals surface area (Å²) in [5, 5.41) is 6.45. The molecule has 130 valence electrons. The minimum Gasteiger partial charge on any atom is -0.494 e. The topological polar surface area (TPSA) is 68.8 Å². The van der Waals surface area contributed by atoms with Crippen LogP contribution in [-0.2, 0) is 14.3 Å². The lowest BCUT2D eigenvalue weighted by molar-refractivity contribution is -0.149. The predicted molar refractivity (Wildman–Crippen MR) is 94.7 cm³/mol. The van der Waals surface area contributed by atoms with Gasteiger partial charge in [-0.2, -0.15) is 0 Å². The van der Waals surface area contributed by atoms with Gasteiger partial charge in [0.15, 0.2) is 5.11 Å². The van der Waals surface area contributed by atoms with Crippen LogP contribution in [0.25, 0.3) is 0 Å². The first kappa shape index (κ1) is 18.2. The van der Waals surface area contributed by atoms with E-state index in [-0.39, 0.29) is 18.6 Å². The molecule has 0 spiro atoms. The van der Waals surface area contributed by atoms with Gasteiger partial charge in [-0.1, -0.05) is 18.7 Å². The monoisotopic (exact) mass is 350 g/mol. The number of benzene rings is 1. The molecule has 0 bridgehead atoms. The molecule has 1 aliphatic rings. The first-order chi connectivity index (χ1) is 11.6. The number of hydrogen-bond donors (Lipinski definition) is 2. The summed E-state index contributed by atoms with van der Waals surface area (Å²) in [6, 6.07) is 7.18. The van der Waals surface area contributed by atoms with Crippen LogP contribution in [0.1, 0.15) is 18.5 Å². The molecule has 1 aromatic rings. The van der Waals surface area contributed by atoms with Crippen LogP contribution in [0.15, 0.2) is 36.5 Å². The fourth-order valence-electron chi connectivity index (χ4n) is 2.49. The summed E-state index contributed by atoms with van der Waals surface area (Å²) in [5.74, 6) is -0.194. The van der Waals surface area contributed by atoms with Crippen LogP contribution < -0.4 is 15.4 Å². The normalized spacial score (nSPS) is 20.1. The number of esters is 1. The summed E-state index contributed by atoms with van der Waals surface area (Å²) in [4.78, 5) is 12.5. The molecule has 0 unspecified atom stereocenters. The Morgan fingerprint density at radius 1 is 1.29 bits per heavy atom. The van der Waals surface area contributed by atoms with Gasteiger partial charge in [0, 0.05) is 12.8 Å². The molecule has 0 saturated carbocycles. The van der Waals surface area contributed by atoms with Crippen molar-refractivity contribution in [3.63, 3.8) is 0 Å². The Morgan fingerprint density at radius 3 is 2.62 bits per heavy atom. The number of methoxy groups -OCH3 is 1. The van der Waals surface area contributed by atoms with Crippen molar-refractivity contribution in [1.82, 2.24) is 10.6 Å². The van der Waals surface area contributed by atoms with E-state index >= 15 is 0 Å². The van der Waals surface area contributed by atoms with E-state index in [4.69, 9.17) is 26.4 Å². The molecule has 1 aliphatic heterocycles. The number of rotatable bonds is 7. The molecule has 2 rings (SSSR count). The first-order valence-electron chi connectivity index (χ1n) is 7.71. The second-order valence-corrected chi connectivity index (χ2v) is 5.65. The summed E-state index contributed by atoms with van der Waals surface area (Å²) < 4.78 is 15.6. The molecule has 7 heteroatoms. The van der Waals surface area contributed by atoms with Gasteiger partial charge in [-0.25, -0.2) is 0 Å². The number of thiocarbonyl (C=S) groups is 1. The Morgan fingerprint density at radius 2 is 2.00 bits per heavy atom. The Labute approximate surface area is 147 Å². The van der Waals surface area contributed by atoms with Crippen molar-refractivity contribution in [3.05, 3.63) is 42.1 Å². The number of nitrogens with one attached hydrogen (secondary N) is 2. The van der Waals surface area contributed by atoms with Gasteiger partial charge in [0.1, 0.15) is 18.3 Å². The smallest absolute Gasteiger partial charge is 0.317 e. The van der Waals surface area contributed by atoms with Crippen LogP contribution in [0, 0.1) is 5.92 Å². The van der Waals surface area contributed by atoms with Crippen LogP contribution in [0.3, 0.4) is 0 Å². The van der Waals surface area contributed by atoms with Gasteiger partial charge in [-0.05, 0) is 36.8 Å². The minimum absolute atomic E-state index is 0.194. The van der Waals surface area contributed by atoms with Crippen molar-refractivity contribution in [2.45, 2.75) is 13.0 Å². The van der Waals surface area contributed by atoms with Crippen molar-refractivity contribution in [2.75, 3.05) is 26.9 Å². The highest BCUT2D eigenvalue weighted by molar-refractivity contribution is 7.80. The zero-order valence-corrected chi connectivity index (χ0v) is 14.7. The zero-order valence-electron chi connectivity index (χ0n) is 13.8. The Balaban J connectivity index is 2.19. The second-order valence-electron chi connectivity index (χ2n) is 5.24. The molecular weight excluding hydrogens is 328 g/mol. The first-order valence-corrected chi connectivity index (χ1v) is 8.12. The molecule has 24 heavy (non-hydrogen) atoms. The van der Waals surface area contributed by atoms with Gasteiger partial charge in [0.25, 0.3) is 0 Å². The van der Waals surface area contributed by atoms with E-state index in [1.165, 1.54) is 0 Å². The van der Waals surface area contributed by atoms with Gasteiger partial charge < -0.3 is 24.8 Å². The molecule has 1 heterocycles. The standard InChI is InChI=1S/C17H22N2O4S/c1-4-22-13-7-5-12(6-8-13)15-14(11(2)18-17(24)19-15)16(20)23-10-9-21-3/h5-8,14-15H,2,4,9-10H2,1,3H3,(H2,18,19,24)/t14-,15-/m1/s1. The van der Waals surface area contributed by atoms with E-state index in [1.54, 1.807) is 7.11 Å². The van der Waals surface area contributed by atoms with Crippen LogP contribution in [0.4, 0.5) is 0 Å². The summed E-state index contributed by atoms with van der Waals surface area (Å²) in [6.45, 7) is 6.99. The molecule has 1 aromatic carbocycles. The van der Waals surface area contributed by atoms with Gasteiger partial charge in [-0.3, -0.25) is 4.79 Å². The molecule has 0 radical (unpaired) electrons. The molecule has 6 nitrogen and oxygen atoms in total. The van der Waals surface area contributed by atoms with Crippen molar-refractivity contribution >= 4 is 23.3 Å². The summed E-state index contributed by atoms with van der Waals surface area (Å²) in [5.41, 5.74) is 1.41. The van der Waals surface area contributed by atoms with Crippen molar-refractivity contribution < 1.29 is 19.0 Å². The van der Waals surface area contributed by atoms with Crippen LogP contribution in [0.2, 0.25) is 0 Å². The van der Waals surface area contributed by atoms with Crippen LogP contribution in [0.5, 0.6) is 5.75 Å². The molecule has 1 fully saturated rings. The molecular formula is C17H22N2O4S. The van der Waals surface area contributed by atoms with Gasteiger partial charge in [0.05, 0.1) is 19.3 Å². The van der Waals surface area contributed by atoms with Crippen molar-refractivity contribution in [1.29, 1.82) is 0 Å². The quantitative estimate of drug-likeness (QED) is 0.442. The third kappa shape index (κ3) is 4.46. The van der Waals surface area contributed by atoms with E-state index in [1.807, 2.05) is 31.2 Å². The van der Waals surface area contributed by atoms with Crippen LogP contribution >= 0.6 is 12.2 Å². The van der Waals surface area contributed by atoms with Crippen molar-refractivity contribution in [3.8, 4) is 5.75 Å². The third-order valence-corrected chi connectivity index (χ3v) is 3.83. The fourth-order valence-corrected chi connectivity index (χ4v) is 2.75. The fraction of sp³-hybridized carbons (Fsp3) is 0.412. The van der Waals surface area contributed by atoms with Gasteiger partial charge >= 0.3 is 5.97 Å². The molecule has 2 atom stereocenters. The minimum atomic E-state index is -0.591. The SMILES string of the molecule is C=C1NC(=S)N[C@H](c2ccc(OCC)cc2)[C@@H]1C(=O)OCCOC. The number of carbonyl (C=O) groups excluding carboxylic acids is 1. The lowest BCUT2D eigenvalue weighted by Gasteiger charge is -2.34. The van der Waals surface area contributed by atoms with Gasteiger partial charge in [0.2, 0.25) is 0 Å². The average Bonchev–Trinajstić information content (AvgIpc) is 2.55. The number of hydrogen-bond acceptors (Lipinski definition) is 5. The maximum Gasteiger partial charge on any atom is 0.317 e. The maximum absolute atomic E-state index is 12.5. The molecule has 0 aromatic heterocycles. The summed E-state index contributed by atoms with van der Waals surface area (Å²) in [6.07, 6.45) is 0. The van der Waals surface area contributed by atoms with E-state index in [9.17, 15) is 4.79 Å². The Hall–Kier alpha value is -2.12. The highest BCUT2D eigenvalue weighted by Gasteiger charge is 2.37. The second kappa shape index (κ2) is 8.65. The third-order valence-electron chi connectivity index (χ3n) is 3.61. The van der Waals surface area contributed by atoms with Crippen molar-refractivity contribution in [2.24, 2.45) is 5.92 Å². The molecule has 2 N–H and O–H groups in total. The highest BCUT2D eigenvalue weighted by atomic mass is 32.1. The average molecular weight is 350 g/mol. The van der Waals surface area contributed by atoms with E-state index in [0.29, 0.717) is 24.0 Å². The maximum atomic E-state index is 12.5. The number of ether oxygens (including phenoxy) is 3. The molecule has 0 aliphatic carbocycles. The lowest BCUT2D eigenvalue weighted by atomic mass is 9.89. The van der Waals surface area contributed by atoms with E-state index in [0.717, 1.165) is 11.3 Å².